The van der Waals surface area contributed by atoms with Gasteiger partial charge in [-0.2, -0.15) is 0 Å². The maximum Gasteiger partial charge on any atom is 0.216 e. The maximum absolute atomic E-state index is 5.86. The second-order valence-corrected chi connectivity index (χ2v) is 7.23. The molecule has 0 aromatic heterocycles. The zero-order chi connectivity index (χ0) is 16.1. The highest BCUT2D eigenvalue weighted by Gasteiger charge is 2.26. The number of piperidine rings is 1. The third kappa shape index (κ3) is 4.71. The monoisotopic (exact) mass is 316 g/mol. The highest BCUT2D eigenvalue weighted by molar-refractivity contribution is 5.95. The Morgan fingerprint density at radius 2 is 1.96 bits per heavy atom. The highest BCUT2D eigenvalue weighted by atomic mass is 16.5. The molecule has 4 heteroatoms. The van der Waals surface area contributed by atoms with Crippen LogP contribution in [0, 0.1) is 5.92 Å². The molecule has 1 aromatic carbocycles. The van der Waals surface area contributed by atoms with Gasteiger partial charge in [0.25, 0.3) is 0 Å². The average molecular weight is 316 g/mol. The number of hydrogen-bond donors (Lipinski definition) is 1. The molecular weight excluding hydrogens is 288 g/mol. The van der Waals surface area contributed by atoms with Gasteiger partial charge in [-0.15, -0.1) is 0 Å². The molecule has 0 radical (unpaired) electrons. The molecule has 2 aliphatic rings. The minimum Gasteiger partial charge on any atom is -0.494 e. The van der Waals surface area contributed by atoms with Crippen LogP contribution in [0.3, 0.4) is 0 Å². The lowest BCUT2D eigenvalue weighted by atomic mass is 9.93. The summed E-state index contributed by atoms with van der Waals surface area (Å²) < 4.78 is 11.5. The van der Waals surface area contributed by atoms with E-state index in [9.17, 15) is 0 Å². The Morgan fingerprint density at radius 1 is 1.22 bits per heavy atom. The van der Waals surface area contributed by atoms with Gasteiger partial charge in [-0.25, -0.2) is 4.99 Å². The molecule has 4 nitrogen and oxygen atoms in total. The average Bonchev–Trinajstić information content (AvgIpc) is 2.93. The minimum absolute atomic E-state index is 0.112. The van der Waals surface area contributed by atoms with Gasteiger partial charge in [-0.1, -0.05) is 0 Å². The Balaban J connectivity index is 1.43. The number of nitrogens with zero attached hydrogens (tertiary/aromatic N) is 1. The van der Waals surface area contributed by atoms with E-state index in [1.54, 1.807) is 0 Å². The Labute approximate surface area is 139 Å². The van der Waals surface area contributed by atoms with E-state index < -0.39 is 0 Å². The van der Waals surface area contributed by atoms with E-state index in [1.165, 1.54) is 32.4 Å². The van der Waals surface area contributed by atoms with Gasteiger partial charge < -0.3 is 14.8 Å². The standard InChI is InChI=1S/C19H28N2O2/c1-19(2)14-23-18(21-19)16-5-7-17(8-6-16)22-13-3-4-15-9-11-20-12-10-15/h5-8,15,20H,3-4,9-14H2,1-2H3. The van der Waals surface area contributed by atoms with E-state index in [4.69, 9.17) is 9.47 Å². The summed E-state index contributed by atoms with van der Waals surface area (Å²) in [6.45, 7) is 7.97. The summed E-state index contributed by atoms with van der Waals surface area (Å²) in [7, 11) is 0. The second-order valence-electron chi connectivity index (χ2n) is 7.23. The number of nitrogens with one attached hydrogen (secondary N) is 1. The van der Waals surface area contributed by atoms with Gasteiger partial charge >= 0.3 is 0 Å². The molecule has 0 saturated carbocycles. The molecule has 23 heavy (non-hydrogen) atoms. The summed E-state index contributed by atoms with van der Waals surface area (Å²) in [4.78, 5) is 4.60. The molecule has 1 aromatic rings. The quantitative estimate of drug-likeness (QED) is 0.818. The summed E-state index contributed by atoms with van der Waals surface area (Å²) in [5.74, 6) is 2.55. The van der Waals surface area contributed by atoms with E-state index in [2.05, 4.69) is 24.2 Å². The van der Waals surface area contributed by atoms with Crippen LogP contribution in [0.2, 0.25) is 0 Å². The topological polar surface area (TPSA) is 42.9 Å². The maximum atomic E-state index is 5.86. The van der Waals surface area contributed by atoms with Gasteiger partial charge in [0.05, 0.1) is 12.1 Å². The fourth-order valence-electron chi connectivity index (χ4n) is 3.16. The van der Waals surface area contributed by atoms with Crippen molar-refractivity contribution in [1.82, 2.24) is 5.32 Å². The first-order chi connectivity index (χ1) is 11.1. The highest BCUT2D eigenvalue weighted by Crippen LogP contribution is 2.22. The van der Waals surface area contributed by atoms with Crippen LogP contribution in [-0.4, -0.2) is 37.7 Å². The lowest BCUT2D eigenvalue weighted by Crippen LogP contribution is -2.27. The van der Waals surface area contributed by atoms with Crippen molar-refractivity contribution >= 4 is 5.90 Å². The van der Waals surface area contributed by atoms with Crippen molar-refractivity contribution in [3.63, 3.8) is 0 Å². The summed E-state index contributed by atoms with van der Waals surface area (Å²) in [5, 5.41) is 3.41. The van der Waals surface area contributed by atoms with Crippen molar-refractivity contribution in [2.75, 3.05) is 26.3 Å². The van der Waals surface area contributed by atoms with Crippen molar-refractivity contribution in [1.29, 1.82) is 0 Å². The third-order valence-electron chi connectivity index (χ3n) is 4.55. The summed E-state index contributed by atoms with van der Waals surface area (Å²) in [6.07, 6.45) is 5.04. The fourth-order valence-corrected chi connectivity index (χ4v) is 3.16. The molecule has 3 rings (SSSR count). The van der Waals surface area contributed by atoms with Gasteiger partial charge in [-0.05, 0) is 82.8 Å². The van der Waals surface area contributed by atoms with E-state index in [-0.39, 0.29) is 5.54 Å². The molecule has 126 valence electrons. The van der Waals surface area contributed by atoms with Gasteiger partial charge in [0.15, 0.2) is 0 Å². The first kappa shape index (κ1) is 16.3. The van der Waals surface area contributed by atoms with Crippen molar-refractivity contribution < 1.29 is 9.47 Å². The summed E-state index contributed by atoms with van der Waals surface area (Å²) >= 11 is 0. The van der Waals surface area contributed by atoms with E-state index >= 15 is 0 Å². The lowest BCUT2D eigenvalue weighted by Gasteiger charge is -2.22. The van der Waals surface area contributed by atoms with Crippen LogP contribution in [0.15, 0.2) is 29.3 Å². The number of ether oxygens (including phenoxy) is 2. The molecule has 0 spiro atoms. The second kappa shape index (κ2) is 7.35. The van der Waals surface area contributed by atoms with Crippen LogP contribution in [0.5, 0.6) is 5.75 Å². The minimum atomic E-state index is -0.112. The zero-order valence-electron chi connectivity index (χ0n) is 14.3. The zero-order valence-corrected chi connectivity index (χ0v) is 14.3. The number of aliphatic imine (C=N–C) groups is 1. The molecule has 2 aliphatic heterocycles. The number of benzene rings is 1. The third-order valence-corrected chi connectivity index (χ3v) is 4.55. The first-order valence-corrected chi connectivity index (χ1v) is 8.79. The van der Waals surface area contributed by atoms with Crippen LogP contribution < -0.4 is 10.1 Å². The summed E-state index contributed by atoms with van der Waals surface area (Å²) in [6, 6.07) is 8.08. The van der Waals surface area contributed by atoms with Crippen LogP contribution in [0.25, 0.3) is 0 Å². The van der Waals surface area contributed by atoms with Gasteiger partial charge in [0.2, 0.25) is 5.90 Å². The molecule has 1 N–H and O–H groups in total. The van der Waals surface area contributed by atoms with E-state index in [1.807, 2.05) is 24.3 Å². The van der Waals surface area contributed by atoms with Crippen LogP contribution in [0.4, 0.5) is 0 Å². The largest absolute Gasteiger partial charge is 0.494 e. The molecule has 0 atom stereocenters. The Kier molecular flexibility index (Phi) is 5.21. The molecule has 0 bridgehead atoms. The normalized spacial score (nSPS) is 20.9. The van der Waals surface area contributed by atoms with Gasteiger partial charge in [-0.3, -0.25) is 0 Å². The smallest absolute Gasteiger partial charge is 0.216 e. The molecule has 2 heterocycles. The van der Waals surface area contributed by atoms with E-state index in [0.29, 0.717) is 6.61 Å². The number of hydrogen-bond acceptors (Lipinski definition) is 4. The lowest BCUT2D eigenvalue weighted by molar-refractivity contribution is 0.273. The first-order valence-electron chi connectivity index (χ1n) is 8.79. The van der Waals surface area contributed by atoms with Crippen molar-refractivity contribution in [2.45, 2.75) is 45.1 Å². The SMILES string of the molecule is CC1(C)COC(c2ccc(OCCCC3CCNCC3)cc2)=N1. The molecule has 0 unspecified atom stereocenters. The Bertz CT molecular complexity index is 531. The molecule has 1 saturated heterocycles. The molecular formula is C19H28N2O2. The van der Waals surface area contributed by atoms with E-state index in [0.717, 1.165) is 36.2 Å². The van der Waals surface area contributed by atoms with Crippen LogP contribution in [-0.2, 0) is 4.74 Å². The van der Waals surface area contributed by atoms with Crippen LogP contribution >= 0.6 is 0 Å². The van der Waals surface area contributed by atoms with Crippen molar-refractivity contribution in [3.05, 3.63) is 29.8 Å². The summed E-state index contributed by atoms with van der Waals surface area (Å²) in [5.41, 5.74) is 0.914. The predicted octanol–water partition coefficient (Wildman–Crippen LogP) is 3.40. The molecule has 0 amide bonds. The fraction of sp³-hybridized carbons (Fsp3) is 0.632. The van der Waals surface area contributed by atoms with Crippen LogP contribution in [0.1, 0.15) is 45.1 Å². The van der Waals surface area contributed by atoms with Gasteiger partial charge in [0.1, 0.15) is 12.4 Å². The van der Waals surface area contributed by atoms with Gasteiger partial charge in [0, 0.05) is 5.56 Å². The predicted molar refractivity (Wildman–Crippen MR) is 93.3 cm³/mol. The molecule has 0 aliphatic carbocycles. The Hall–Kier alpha value is -1.55. The van der Waals surface area contributed by atoms with Crippen molar-refractivity contribution in [3.8, 4) is 5.75 Å². The Morgan fingerprint density at radius 3 is 2.61 bits per heavy atom. The van der Waals surface area contributed by atoms with Crippen molar-refractivity contribution in [2.24, 2.45) is 10.9 Å². The molecule has 1 fully saturated rings. The number of rotatable bonds is 6.